The molecule has 1 aromatic heterocycles. The topological polar surface area (TPSA) is 85.9 Å². The maximum absolute atomic E-state index is 9.43. The van der Waals surface area contributed by atoms with Crippen LogP contribution in [0.15, 0.2) is 72.8 Å². The highest BCUT2D eigenvalue weighted by Crippen LogP contribution is 2.31. The van der Waals surface area contributed by atoms with Crippen molar-refractivity contribution in [2.75, 3.05) is 0 Å². The van der Waals surface area contributed by atoms with Gasteiger partial charge in [-0.05, 0) is 29.7 Å². The van der Waals surface area contributed by atoms with E-state index in [1.54, 1.807) is 6.07 Å². The highest BCUT2D eigenvalue weighted by atomic mass is 16.4. The molecule has 1 radical (unpaired) electrons. The maximum Gasteiger partial charge on any atom is 0.488 e. The lowest BCUT2D eigenvalue weighted by molar-refractivity contribution is 0.426. The third kappa shape index (κ3) is 3.31. The second kappa shape index (κ2) is 7.55. The van der Waals surface area contributed by atoms with E-state index in [4.69, 9.17) is 10.0 Å². The predicted molar refractivity (Wildman–Crippen MR) is 101 cm³/mol. The first-order valence-electron chi connectivity index (χ1n) is 7.72. The number of aromatic nitrogens is 1. The molecule has 0 saturated heterocycles. The predicted octanol–water partition coefficient (Wildman–Crippen LogP) is 0.969. The van der Waals surface area contributed by atoms with E-state index in [9.17, 15) is 10.0 Å². The lowest BCUT2D eigenvalue weighted by Crippen LogP contribution is -2.29. The summed E-state index contributed by atoms with van der Waals surface area (Å²) >= 11 is 0. The second-order valence-electron chi connectivity index (χ2n) is 5.45. The molecule has 0 aliphatic heterocycles. The fourth-order valence-electron chi connectivity index (χ4n) is 3.01. The molecule has 0 fully saturated rings. The van der Waals surface area contributed by atoms with E-state index in [-0.39, 0.29) is 7.69 Å². The zero-order chi connectivity index (χ0) is 17.8. The van der Waals surface area contributed by atoms with Crippen LogP contribution in [-0.2, 0) is 0 Å². The van der Waals surface area contributed by atoms with Gasteiger partial charge in [-0.3, -0.25) is 0 Å². The van der Waals surface area contributed by atoms with Gasteiger partial charge in [0, 0.05) is 16.5 Å². The molecule has 7 heteroatoms. The summed E-state index contributed by atoms with van der Waals surface area (Å²) in [5.41, 5.74) is 3.75. The van der Waals surface area contributed by atoms with Crippen molar-refractivity contribution in [2.24, 2.45) is 0 Å². The third-order valence-corrected chi connectivity index (χ3v) is 4.01. The van der Waals surface area contributed by atoms with Crippen LogP contribution in [0.5, 0.6) is 0 Å². The van der Waals surface area contributed by atoms with E-state index in [0.717, 1.165) is 27.5 Å². The van der Waals surface area contributed by atoms with Crippen molar-refractivity contribution < 1.29 is 20.1 Å². The average Bonchev–Trinajstić information content (AvgIpc) is 2.97. The normalized spacial score (nSPS) is 10.4. The smallest absolute Gasteiger partial charge is 0.429 e. The SMILES string of the molecule is OB(O)c1ccc2c(c1)c1ccccc1n2-c1ccccc1.O[B]O. The summed E-state index contributed by atoms with van der Waals surface area (Å²) in [4.78, 5) is 0. The van der Waals surface area contributed by atoms with Crippen molar-refractivity contribution in [3.8, 4) is 5.69 Å². The second-order valence-corrected chi connectivity index (χ2v) is 5.45. The van der Waals surface area contributed by atoms with E-state index in [1.807, 2.05) is 42.5 Å². The van der Waals surface area contributed by atoms with Crippen LogP contribution < -0.4 is 5.46 Å². The monoisotopic (exact) mass is 332 g/mol. The molecule has 25 heavy (non-hydrogen) atoms. The standard InChI is InChI=1S/C18H14BNO2.BH2O2/c21-19(22)13-10-11-18-16(12-13)15-8-4-5-9-17(15)20(18)14-6-2-1-3-7-14;2-1-3/h1-12,21-22H;2-3H. The van der Waals surface area contributed by atoms with Gasteiger partial charge in [0.25, 0.3) is 0 Å². The molecule has 0 spiro atoms. The van der Waals surface area contributed by atoms with Crippen LogP contribution in [-0.4, -0.2) is 39.5 Å². The van der Waals surface area contributed by atoms with Gasteiger partial charge in [-0.1, -0.05) is 48.5 Å². The molecule has 0 bridgehead atoms. The van der Waals surface area contributed by atoms with Crippen LogP contribution in [0.25, 0.3) is 27.5 Å². The van der Waals surface area contributed by atoms with E-state index >= 15 is 0 Å². The molecule has 0 unspecified atom stereocenters. The molecule has 4 aromatic rings. The molecule has 5 nitrogen and oxygen atoms in total. The fourth-order valence-corrected chi connectivity index (χ4v) is 3.01. The van der Waals surface area contributed by atoms with Gasteiger partial charge in [0.05, 0.1) is 11.0 Å². The van der Waals surface area contributed by atoms with Crippen LogP contribution >= 0.6 is 0 Å². The number of hydrogen-bond donors (Lipinski definition) is 4. The Hall–Kier alpha value is -2.57. The number of nitrogens with zero attached hydrogens (tertiary/aromatic N) is 1. The average molecular weight is 332 g/mol. The van der Waals surface area contributed by atoms with Gasteiger partial charge in [-0.25, -0.2) is 0 Å². The van der Waals surface area contributed by atoms with Crippen molar-refractivity contribution in [1.82, 2.24) is 4.57 Å². The Morgan fingerprint density at radius 2 is 1.32 bits per heavy atom. The molecule has 3 aromatic carbocycles. The van der Waals surface area contributed by atoms with E-state index in [0.29, 0.717) is 5.46 Å². The van der Waals surface area contributed by atoms with Gasteiger partial charge in [0.2, 0.25) is 0 Å². The Morgan fingerprint density at radius 3 is 2.00 bits per heavy atom. The molecular weight excluding hydrogens is 316 g/mol. The lowest BCUT2D eigenvalue weighted by atomic mass is 9.80. The first-order chi connectivity index (χ1) is 12.2. The van der Waals surface area contributed by atoms with Gasteiger partial charge in [0.1, 0.15) is 0 Å². The molecular formula is C18H16B2NO4. The molecule has 0 saturated carbocycles. The van der Waals surface area contributed by atoms with E-state index < -0.39 is 7.12 Å². The van der Waals surface area contributed by atoms with Crippen molar-refractivity contribution in [2.45, 2.75) is 0 Å². The third-order valence-electron chi connectivity index (χ3n) is 4.01. The number of fused-ring (bicyclic) bond motifs is 3. The summed E-state index contributed by atoms with van der Waals surface area (Å²) in [5, 5.41) is 35.0. The number of benzene rings is 3. The van der Waals surface area contributed by atoms with Crippen LogP contribution in [0, 0.1) is 0 Å². The highest BCUT2D eigenvalue weighted by Gasteiger charge is 2.16. The summed E-state index contributed by atoms with van der Waals surface area (Å²) in [5.74, 6) is 0. The largest absolute Gasteiger partial charge is 0.488 e. The lowest BCUT2D eigenvalue weighted by Gasteiger charge is -2.07. The zero-order valence-corrected chi connectivity index (χ0v) is 13.3. The fraction of sp³-hybridized carbons (Fsp3) is 0. The summed E-state index contributed by atoms with van der Waals surface area (Å²) < 4.78 is 2.19. The Kier molecular flexibility index (Phi) is 5.21. The van der Waals surface area contributed by atoms with E-state index in [1.165, 1.54) is 0 Å². The molecule has 123 valence electrons. The van der Waals surface area contributed by atoms with Crippen molar-refractivity contribution >= 4 is 42.1 Å². The maximum atomic E-state index is 9.43. The van der Waals surface area contributed by atoms with E-state index in [2.05, 4.69) is 28.8 Å². The highest BCUT2D eigenvalue weighted by molar-refractivity contribution is 6.59. The molecule has 4 rings (SSSR count). The van der Waals surface area contributed by atoms with Gasteiger partial charge in [0.15, 0.2) is 0 Å². The van der Waals surface area contributed by atoms with Crippen LogP contribution in [0.3, 0.4) is 0 Å². The van der Waals surface area contributed by atoms with Crippen LogP contribution in [0.1, 0.15) is 0 Å². The van der Waals surface area contributed by atoms with Gasteiger partial charge in [-0.15, -0.1) is 0 Å². The minimum atomic E-state index is -1.46. The Labute approximate surface area is 145 Å². The first-order valence-corrected chi connectivity index (χ1v) is 7.72. The van der Waals surface area contributed by atoms with Crippen molar-refractivity contribution in [1.29, 1.82) is 0 Å². The summed E-state index contributed by atoms with van der Waals surface area (Å²) in [7, 11) is -1.46. The van der Waals surface area contributed by atoms with Crippen LogP contribution in [0.4, 0.5) is 0 Å². The molecule has 1 heterocycles. The summed E-state index contributed by atoms with van der Waals surface area (Å²) in [6.07, 6.45) is 0. The number of para-hydroxylation sites is 2. The molecule has 4 N–H and O–H groups in total. The zero-order valence-electron chi connectivity index (χ0n) is 13.3. The minimum Gasteiger partial charge on any atom is -0.429 e. The molecule has 0 aliphatic carbocycles. The molecule has 0 atom stereocenters. The summed E-state index contributed by atoms with van der Waals surface area (Å²) in [6, 6.07) is 23.9. The van der Waals surface area contributed by atoms with Crippen molar-refractivity contribution in [3.63, 3.8) is 0 Å². The molecule has 0 amide bonds. The Morgan fingerprint density at radius 1 is 0.720 bits per heavy atom. The van der Waals surface area contributed by atoms with Gasteiger partial charge >= 0.3 is 14.8 Å². The minimum absolute atomic E-state index is 0. The summed E-state index contributed by atoms with van der Waals surface area (Å²) in [6.45, 7) is 0. The molecule has 0 aliphatic rings. The number of hydrogen-bond acceptors (Lipinski definition) is 4. The van der Waals surface area contributed by atoms with Gasteiger partial charge < -0.3 is 24.7 Å². The quantitative estimate of drug-likeness (QED) is 0.412. The first kappa shape index (κ1) is 17.3. The van der Waals surface area contributed by atoms with Gasteiger partial charge in [-0.2, -0.15) is 0 Å². The Balaban J connectivity index is 0.000000569. The Bertz CT molecular complexity index is 986. The number of rotatable bonds is 2. The van der Waals surface area contributed by atoms with Crippen LogP contribution in [0.2, 0.25) is 0 Å². The van der Waals surface area contributed by atoms with Crippen molar-refractivity contribution in [3.05, 3.63) is 72.8 Å².